The fraction of sp³-hybridized carbons (Fsp3) is 0.467. The predicted octanol–water partition coefficient (Wildman–Crippen LogP) is 3.85. The summed E-state index contributed by atoms with van der Waals surface area (Å²) in [5.74, 6) is 2.11. The Morgan fingerprint density at radius 2 is 1.76 bits per heavy atom. The third-order valence-electron chi connectivity index (χ3n) is 2.04. The van der Waals surface area contributed by atoms with E-state index in [1.165, 1.54) is 0 Å². The van der Waals surface area contributed by atoms with Crippen LogP contribution in [0.3, 0.4) is 0 Å². The van der Waals surface area contributed by atoms with Crippen molar-refractivity contribution in [3.63, 3.8) is 0 Å². The van der Waals surface area contributed by atoms with Crippen LogP contribution in [0.2, 0.25) is 0 Å². The number of hydrogen-bond donors (Lipinski definition) is 0. The first-order valence-electron chi connectivity index (χ1n) is 5.99. The highest BCUT2D eigenvalue weighted by Gasteiger charge is 2.04. The quantitative estimate of drug-likeness (QED) is 0.743. The second-order valence-electron chi connectivity index (χ2n) is 4.74. The van der Waals surface area contributed by atoms with Crippen LogP contribution in [0.15, 0.2) is 24.8 Å². The molecule has 0 amide bonds. The van der Waals surface area contributed by atoms with E-state index in [1.807, 2.05) is 32.0 Å². The van der Waals surface area contributed by atoms with Gasteiger partial charge in [-0.3, -0.25) is 0 Å². The standard InChI is InChI=1S/C15H21O2/c1-6-13-7-14(16-10-11(2)3)9-15(8-13)17-12(4)5/h7-9,11-12H,1,10H2,2-5H3. The number of hydrogen-bond acceptors (Lipinski definition) is 2. The SMILES string of the molecule is C=[C]c1cc(OCC(C)C)cc(OC(C)C)c1. The van der Waals surface area contributed by atoms with Gasteiger partial charge in [0.1, 0.15) is 11.5 Å². The molecule has 17 heavy (non-hydrogen) atoms. The molecule has 0 aliphatic rings. The minimum Gasteiger partial charge on any atom is -0.493 e. The van der Waals surface area contributed by atoms with Crippen molar-refractivity contribution in [2.45, 2.75) is 33.8 Å². The molecule has 0 saturated heterocycles. The van der Waals surface area contributed by atoms with Crippen molar-refractivity contribution in [1.29, 1.82) is 0 Å². The molecule has 0 saturated carbocycles. The zero-order valence-electron chi connectivity index (χ0n) is 11.1. The largest absolute Gasteiger partial charge is 0.493 e. The lowest BCUT2D eigenvalue weighted by molar-refractivity contribution is 0.237. The molecule has 0 spiro atoms. The normalized spacial score (nSPS) is 10.7. The van der Waals surface area contributed by atoms with Crippen molar-refractivity contribution in [3.8, 4) is 11.5 Å². The van der Waals surface area contributed by atoms with Crippen LogP contribution in [0.1, 0.15) is 33.3 Å². The van der Waals surface area contributed by atoms with Gasteiger partial charge in [-0.25, -0.2) is 0 Å². The Labute approximate surface area is 104 Å². The highest BCUT2D eigenvalue weighted by Crippen LogP contribution is 2.24. The molecule has 0 unspecified atom stereocenters. The fourth-order valence-corrected chi connectivity index (χ4v) is 1.36. The van der Waals surface area contributed by atoms with E-state index in [4.69, 9.17) is 9.47 Å². The molecule has 0 bridgehead atoms. The minimum atomic E-state index is 0.146. The van der Waals surface area contributed by atoms with Gasteiger partial charge in [0.15, 0.2) is 0 Å². The molecule has 93 valence electrons. The number of ether oxygens (including phenoxy) is 2. The molecule has 2 nitrogen and oxygen atoms in total. The summed E-state index contributed by atoms with van der Waals surface area (Å²) < 4.78 is 11.3. The van der Waals surface area contributed by atoms with Crippen molar-refractivity contribution in [3.05, 3.63) is 36.4 Å². The first-order valence-corrected chi connectivity index (χ1v) is 5.99. The van der Waals surface area contributed by atoms with Gasteiger partial charge in [0, 0.05) is 6.07 Å². The van der Waals surface area contributed by atoms with Crippen molar-refractivity contribution < 1.29 is 9.47 Å². The smallest absolute Gasteiger partial charge is 0.123 e. The van der Waals surface area contributed by atoms with E-state index in [1.54, 1.807) is 0 Å². The van der Waals surface area contributed by atoms with Gasteiger partial charge in [0.25, 0.3) is 0 Å². The molecule has 0 N–H and O–H groups in total. The van der Waals surface area contributed by atoms with Crippen molar-refractivity contribution in [1.82, 2.24) is 0 Å². The molecule has 0 heterocycles. The van der Waals surface area contributed by atoms with Gasteiger partial charge < -0.3 is 9.47 Å². The first-order chi connectivity index (χ1) is 8.01. The zero-order valence-corrected chi connectivity index (χ0v) is 11.1. The predicted molar refractivity (Wildman–Crippen MR) is 70.5 cm³/mol. The Morgan fingerprint density at radius 1 is 1.12 bits per heavy atom. The van der Waals surface area contributed by atoms with Crippen LogP contribution < -0.4 is 9.47 Å². The van der Waals surface area contributed by atoms with E-state index < -0.39 is 0 Å². The molecule has 0 aliphatic heterocycles. The lowest BCUT2D eigenvalue weighted by Gasteiger charge is -2.14. The van der Waals surface area contributed by atoms with Crippen molar-refractivity contribution >= 4 is 0 Å². The van der Waals surface area contributed by atoms with E-state index in [0.717, 1.165) is 17.1 Å². The highest BCUT2D eigenvalue weighted by atomic mass is 16.5. The highest BCUT2D eigenvalue weighted by molar-refractivity contribution is 5.40. The first kappa shape index (κ1) is 13.6. The van der Waals surface area contributed by atoms with Crippen LogP contribution in [0.5, 0.6) is 11.5 Å². The maximum Gasteiger partial charge on any atom is 0.123 e. The number of rotatable bonds is 6. The maximum atomic E-state index is 5.68. The molecule has 1 rings (SSSR count). The Hall–Kier alpha value is -1.44. The summed E-state index contributed by atoms with van der Waals surface area (Å²) in [6.45, 7) is 12.6. The monoisotopic (exact) mass is 233 g/mol. The second kappa shape index (κ2) is 6.33. The average molecular weight is 233 g/mol. The molecule has 0 aliphatic carbocycles. The second-order valence-corrected chi connectivity index (χ2v) is 4.74. The number of benzene rings is 1. The molecule has 0 fully saturated rings. The van der Waals surface area contributed by atoms with Gasteiger partial charge >= 0.3 is 0 Å². The van der Waals surface area contributed by atoms with Crippen molar-refractivity contribution in [2.75, 3.05) is 6.61 Å². The van der Waals surface area contributed by atoms with Crippen LogP contribution in [0, 0.1) is 12.0 Å². The summed E-state index contributed by atoms with van der Waals surface area (Å²) in [7, 11) is 0. The summed E-state index contributed by atoms with van der Waals surface area (Å²) in [5, 5.41) is 0. The lowest BCUT2D eigenvalue weighted by Crippen LogP contribution is -2.07. The van der Waals surface area contributed by atoms with Gasteiger partial charge in [-0.15, -0.1) is 0 Å². The van der Waals surface area contributed by atoms with E-state index in [0.29, 0.717) is 12.5 Å². The van der Waals surface area contributed by atoms with Crippen LogP contribution >= 0.6 is 0 Å². The van der Waals surface area contributed by atoms with Crippen LogP contribution in [-0.4, -0.2) is 12.7 Å². The summed E-state index contributed by atoms with van der Waals surface area (Å²) >= 11 is 0. The molecular weight excluding hydrogens is 212 g/mol. The average Bonchev–Trinajstić information content (AvgIpc) is 2.25. The summed E-state index contributed by atoms with van der Waals surface area (Å²) in [6.07, 6.45) is 3.00. The van der Waals surface area contributed by atoms with Gasteiger partial charge in [-0.1, -0.05) is 20.4 Å². The molecular formula is C15H21O2. The third-order valence-corrected chi connectivity index (χ3v) is 2.04. The third kappa shape index (κ3) is 4.94. The van der Waals surface area contributed by atoms with E-state index in [2.05, 4.69) is 26.5 Å². The maximum absolute atomic E-state index is 5.68. The minimum absolute atomic E-state index is 0.146. The molecule has 2 heteroatoms. The lowest BCUT2D eigenvalue weighted by atomic mass is 10.2. The summed E-state index contributed by atoms with van der Waals surface area (Å²) in [5.41, 5.74) is 0.891. The molecule has 1 radical (unpaired) electrons. The van der Waals surface area contributed by atoms with Crippen LogP contribution in [-0.2, 0) is 0 Å². The van der Waals surface area contributed by atoms with E-state index >= 15 is 0 Å². The topological polar surface area (TPSA) is 18.5 Å². The van der Waals surface area contributed by atoms with Gasteiger partial charge in [-0.05, 0) is 43.5 Å². The van der Waals surface area contributed by atoms with E-state index in [9.17, 15) is 0 Å². The Morgan fingerprint density at radius 3 is 2.29 bits per heavy atom. The van der Waals surface area contributed by atoms with Crippen LogP contribution in [0.25, 0.3) is 0 Å². The van der Waals surface area contributed by atoms with Gasteiger partial charge in [0.2, 0.25) is 0 Å². The van der Waals surface area contributed by atoms with Crippen LogP contribution in [0.4, 0.5) is 0 Å². The van der Waals surface area contributed by atoms with Gasteiger partial charge in [-0.2, -0.15) is 0 Å². The summed E-state index contributed by atoms with van der Waals surface area (Å²) in [6, 6.07) is 5.74. The summed E-state index contributed by atoms with van der Waals surface area (Å²) in [4.78, 5) is 0. The Kier molecular flexibility index (Phi) is 5.08. The Balaban J connectivity index is 2.84. The molecule has 0 aromatic heterocycles. The van der Waals surface area contributed by atoms with Crippen molar-refractivity contribution in [2.24, 2.45) is 5.92 Å². The molecule has 1 aromatic carbocycles. The van der Waals surface area contributed by atoms with E-state index in [-0.39, 0.29) is 6.10 Å². The molecule has 1 aromatic rings. The molecule has 0 atom stereocenters. The fourth-order valence-electron chi connectivity index (χ4n) is 1.36. The zero-order chi connectivity index (χ0) is 12.8. The Bertz CT molecular complexity index is 367. The van der Waals surface area contributed by atoms with Gasteiger partial charge in [0.05, 0.1) is 12.7 Å².